The molecule has 1 saturated carbocycles. The predicted molar refractivity (Wildman–Crippen MR) is 154 cm³/mol. The maximum absolute atomic E-state index is 13.5. The molecule has 1 atom stereocenters. The Kier molecular flexibility index (Phi) is 10.5. The number of nitrogens with one attached hydrogen (secondary N) is 1. The monoisotopic (exact) mass is 581 g/mol. The molecule has 2 aromatic carbocycles. The van der Waals surface area contributed by atoms with Gasteiger partial charge in [0.1, 0.15) is 6.04 Å². The first-order valence-electron chi connectivity index (χ1n) is 13.0. The van der Waals surface area contributed by atoms with Crippen molar-refractivity contribution in [2.24, 2.45) is 0 Å². The summed E-state index contributed by atoms with van der Waals surface area (Å²) in [5.41, 5.74) is 3.02. The summed E-state index contributed by atoms with van der Waals surface area (Å²) in [5, 5.41) is 3.90. The van der Waals surface area contributed by atoms with Gasteiger partial charge in [-0.25, -0.2) is 8.42 Å². The van der Waals surface area contributed by atoms with Gasteiger partial charge in [-0.15, -0.1) is 0 Å². The zero-order valence-electron chi connectivity index (χ0n) is 22.5. The van der Waals surface area contributed by atoms with Gasteiger partial charge in [-0.2, -0.15) is 0 Å². The normalized spacial score (nSPS) is 14.8. The molecule has 2 aromatic rings. The molecule has 2 amide bonds. The van der Waals surface area contributed by atoms with Gasteiger partial charge in [0.2, 0.25) is 21.8 Å². The number of sulfonamides is 1. The first kappa shape index (κ1) is 30.3. The Hall–Kier alpha value is -2.29. The van der Waals surface area contributed by atoms with Crippen molar-refractivity contribution in [1.82, 2.24) is 10.2 Å². The summed E-state index contributed by atoms with van der Waals surface area (Å²) in [6.07, 6.45) is 5.52. The smallest absolute Gasteiger partial charge is 0.242 e. The molecule has 0 spiro atoms. The number of anilines is 1. The molecule has 0 saturated heterocycles. The van der Waals surface area contributed by atoms with E-state index < -0.39 is 16.1 Å². The van der Waals surface area contributed by atoms with Crippen LogP contribution >= 0.6 is 23.2 Å². The largest absolute Gasteiger partial charge is 0.352 e. The molecule has 1 fully saturated rings. The molecule has 0 aromatic heterocycles. The minimum atomic E-state index is -3.57. The van der Waals surface area contributed by atoms with Gasteiger partial charge in [-0.3, -0.25) is 13.9 Å². The third-order valence-electron chi connectivity index (χ3n) is 7.26. The fraction of sp³-hybridized carbons (Fsp3) is 0.500. The first-order chi connectivity index (χ1) is 17.9. The molecular weight excluding hydrogens is 545 g/mol. The van der Waals surface area contributed by atoms with Gasteiger partial charge in [0.15, 0.2) is 0 Å². The molecule has 0 heterocycles. The number of rotatable bonds is 11. The van der Waals surface area contributed by atoms with E-state index in [-0.39, 0.29) is 43.8 Å². The van der Waals surface area contributed by atoms with E-state index in [1.165, 1.54) is 9.21 Å². The van der Waals surface area contributed by atoms with Crippen molar-refractivity contribution in [3.05, 3.63) is 63.1 Å². The molecule has 0 bridgehead atoms. The van der Waals surface area contributed by atoms with Crippen molar-refractivity contribution in [3.8, 4) is 0 Å². The predicted octanol–water partition coefficient (Wildman–Crippen LogP) is 5.63. The van der Waals surface area contributed by atoms with Crippen molar-refractivity contribution in [2.45, 2.75) is 77.9 Å². The second-order valence-corrected chi connectivity index (χ2v) is 12.8. The fourth-order valence-electron chi connectivity index (χ4n) is 4.82. The van der Waals surface area contributed by atoms with Crippen LogP contribution in [0.25, 0.3) is 0 Å². The van der Waals surface area contributed by atoms with Crippen LogP contribution in [-0.4, -0.2) is 50.0 Å². The average molecular weight is 583 g/mol. The van der Waals surface area contributed by atoms with Gasteiger partial charge in [-0.1, -0.05) is 54.2 Å². The Labute approximate surface area is 236 Å². The van der Waals surface area contributed by atoms with Gasteiger partial charge in [0.05, 0.1) is 11.9 Å². The molecule has 3 rings (SSSR count). The van der Waals surface area contributed by atoms with Crippen LogP contribution in [0, 0.1) is 13.8 Å². The van der Waals surface area contributed by atoms with Crippen LogP contribution < -0.4 is 9.62 Å². The van der Waals surface area contributed by atoms with Crippen molar-refractivity contribution in [2.75, 3.05) is 17.1 Å². The number of halogens is 2. The highest BCUT2D eigenvalue weighted by Crippen LogP contribution is 2.28. The summed E-state index contributed by atoms with van der Waals surface area (Å²) in [4.78, 5) is 28.1. The zero-order chi connectivity index (χ0) is 28.0. The lowest BCUT2D eigenvalue weighted by Gasteiger charge is -2.31. The molecule has 0 radical (unpaired) electrons. The Morgan fingerprint density at radius 3 is 2.26 bits per heavy atom. The van der Waals surface area contributed by atoms with Crippen LogP contribution in [0.3, 0.4) is 0 Å². The van der Waals surface area contributed by atoms with Crippen LogP contribution in [0.2, 0.25) is 10.0 Å². The minimum Gasteiger partial charge on any atom is -0.352 e. The van der Waals surface area contributed by atoms with E-state index in [0.717, 1.165) is 43.1 Å². The quantitative estimate of drug-likeness (QED) is 0.372. The zero-order valence-corrected chi connectivity index (χ0v) is 24.8. The second-order valence-electron chi connectivity index (χ2n) is 10.0. The molecule has 10 heteroatoms. The standard InChI is InChI=1S/C28H37Cl2N3O4S/c1-19-10-7-15-26(20(19)2)33(38(4,36)37)17-9-16-27(34)32(18-23-24(29)13-8-14-25(23)30)21(3)28(35)31-22-11-5-6-12-22/h7-8,10,13-15,21-22H,5-6,9,11-12,16-18H2,1-4H3,(H,31,35). The summed E-state index contributed by atoms with van der Waals surface area (Å²) in [7, 11) is -3.57. The van der Waals surface area contributed by atoms with E-state index in [9.17, 15) is 18.0 Å². The summed E-state index contributed by atoms with van der Waals surface area (Å²) in [6.45, 7) is 5.72. The molecule has 1 N–H and O–H groups in total. The van der Waals surface area contributed by atoms with Crippen LogP contribution in [0.1, 0.15) is 62.1 Å². The molecule has 1 aliphatic carbocycles. The Bertz CT molecular complexity index is 1240. The van der Waals surface area contributed by atoms with E-state index in [4.69, 9.17) is 23.2 Å². The average Bonchev–Trinajstić information content (AvgIpc) is 3.35. The highest BCUT2D eigenvalue weighted by atomic mass is 35.5. The van der Waals surface area contributed by atoms with E-state index >= 15 is 0 Å². The maximum atomic E-state index is 13.5. The lowest BCUT2D eigenvalue weighted by molar-refractivity contribution is -0.140. The number of amides is 2. The van der Waals surface area contributed by atoms with Gasteiger partial charge < -0.3 is 10.2 Å². The Morgan fingerprint density at radius 1 is 1.05 bits per heavy atom. The summed E-state index contributed by atoms with van der Waals surface area (Å²) >= 11 is 12.8. The van der Waals surface area contributed by atoms with Crippen LogP contribution in [0.5, 0.6) is 0 Å². The maximum Gasteiger partial charge on any atom is 0.242 e. The van der Waals surface area contributed by atoms with Crippen LogP contribution in [-0.2, 0) is 26.2 Å². The third-order valence-corrected chi connectivity index (χ3v) is 9.14. The van der Waals surface area contributed by atoms with Crippen LogP contribution in [0.4, 0.5) is 5.69 Å². The first-order valence-corrected chi connectivity index (χ1v) is 15.6. The highest BCUT2D eigenvalue weighted by Gasteiger charge is 2.30. The molecule has 38 heavy (non-hydrogen) atoms. The molecule has 208 valence electrons. The Balaban J connectivity index is 1.78. The minimum absolute atomic E-state index is 0.0556. The second kappa shape index (κ2) is 13.2. The van der Waals surface area contributed by atoms with Gasteiger partial charge in [0.25, 0.3) is 0 Å². The number of hydrogen-bond acceptors (Lipinski definition) is 4. The number of benzene rings is 2. The molecule has 1 unspecified atom stereocenters. The van der Waals surface area contributed by atoms with Gasteiger partial charge in [0, 0.05) is 41.2 Å². The third kappa shape index (κ3) is 7.64. The summed E-state index contributed by atoms with van der Waals surface area (Å²) < 4.78 is 26.6. The topological polar surface area (TPSA) is 86.8 Å². The Morgan fingerprint density at radius 2 is 1.66 bits per heavy atom. The van der Waals surface area contributed by atoms with Gasteiger partial charge in [-0.05, 0) is 69.4 Å². The number of carbonyl (C=O) groups excluding carboxylic acids is 2. The highest BCUT2D eigenvalue weighted by molar-refractivity contribution is 7.92. The number of carbonyl (C=O) groups is 2. The number of aryl methyl sites for hydroxylation is 1. The molecule has 1 aliphatic rings. The summed E-state index contributed by atoms with van der Waals surface area (Å²) in [5.74, 6) is -0.494. The number of nitrogens with zero attached hydrogens (tertiary/aromatic N) is 2. The van der Waals surface area contributed by atoms with Crippen molar-refractivity contribution in [1.29, 1.82) is 0 Å². The number of hydrogen-bond donors (Lipinski definition) is 1. The molecule has 7 nitrogen and oxygen atoms in total. The van der Waals surface area contributed by atoms with E-state index in [1.54, 1.807) is 31.2 Å². The SMILES string of the molecule is Cc1cccc(N(CCCC(=O)N(Cc2c(Cl)cccc2Cl)C(C)C(=O)NC2CCCC2)S(C)(=O)=O)c1C. The van der Waals surface area contributed by atoms with E-state index in [0.29, 0.717) is 21.3 Å². The fourth-order valence-corrected chi connectivity index (χ4v) is 6.35. The van der Waals surface area contributed by atoms with Crippen molar-refractivity contribution >= 4 is 50.7 Å². The summed E-state index contributed by atoms with van der Waals surface area (Å²) in [6, 6.07) is 10.0. The lowest BCUT2D eigenvalue weighted by atomic mass is 10.1. The van der Waals surface area contributed by atoms with Crippen molar-refractivity contribution in [3.63, 3.8) is 0 Å². The lowest BCUT2D eigenvalue weighted by Crippen LogP contribution is -2.49. The van der Waals surface area contributed by atoms with E-state index in [2.05, 4.69) is 5.32 Å². The molecular formula is C28H37Cl2N3O4S. The van der Waals surface area contributed by atoms with Gasteiger partial charge >= 0.3 is 0 Å². The van der Waals surface area contributed by atoms with Crippen molar-refractivity contribution < 1.29 is 18.0 Å². The molecule has 0 aliphatic heterocycles. The van der Waals surface area contributed by atoms with E-state index in [1.807, 2.05) is 26.0 Å². The van der Waals surface area contributed by atoms with Crippen LogP contribution in [0.15, 0.2) is 36.4 Å².